The molecule has 2 aromatic rings. The molecule has 0 spiro atoms. The number of aryl methyl sites for hydroxylation is 2. The molecule has 0 fully saturated rings. The fraction of sp³-hybridized carbons (Fsp3) is 0.235. The molecule has 0 aliphatic carbocycles. The van der Waals surface area contributed by atoms with E-state index in [2.05, 4.69) is 0 Å². The van der Waals surface area contributed by atoms with Crippen LogP contribution in [-0.4, -0.2) is 19.0 Å². The van der Waals surface area contributed by atoms with Crippen LogP contribution in [0.1, 0.15) is 21.5 Å². The molecule has 0 aliphatic rings. The number of anilines is 1. The highest BCUT2D eigenvalue weighted by molar-refractivity contribution is 6.06. The molecule has 2 rings (SSSR count). The van der Waals surface area contributed by atoms with Gasteiger partial charge in [-0.2, -0.15) is 0 Å². The first-order valence-corrected chi connectivity index (χ1v) is 6.77. The highest BCUT2D eigenvalue weighted by atomic mass is 16.2. The Kier molecular flexibility index (Phi) is 4.53. The maximum atomic E-state index is 12.6. The lowest BCUT2D eigenvalue weighted by atomic mass is 10.1. The normalized spacial score (nSPS) is 10.3. The molecule has 20 heavy (non-hydrogen) atoms. The molecule has 0 heterocycles. The Bertz CT molecular complexity index is 590. The van der Waals surface area contributed by atoms with E-state index in [9.17, 15) is 4.79 Å². The summed E-state index contributed by atoms with van der Waals surface area (Å²) in [7, 11) is 0. The summed E-state index contributed by atoms with van der Waals surface area (Å²) in [5.74, 6) is -0.0111. The Morgan fingerprint density at radius 3 is 2.35 bits per heavy atom. The lowest BCUT2D eigenvalue weighted by Crippen LogP contribution is -2.35. The van der Waals surface area contributed by atoms with E-state index in [0.29, 0.717) is 18.7 Å². The van der Waals surface area contributed by atoms with Gasteiger partial charge in [0.1, 0.15) is 0 Å². The third-order valence-corrected chi connectivity index (χ3v) is 3.21. The van der Waals surface area contributed by atoms with Crippen molar-refractivity contribution < 1.29 is 4.79 Å². The lowest BCUT2D eigenvalue weighted by molar-refractivity contribution is 0.0987. The van der Waals surface area contributed by atoms with Crippen LogP contribution < -0.4 is 10.6 Å². The summed E-state index contributed by atoms with van der Waals surface area (Å²) in [6.07, 6.45) is 0. The molecular formula is C17H20N2O. The van der Waals surface area contributed by atoms with Crippen LogP contribution in [0.25, 0.3) is 0 Å². The molecule has 1 amide bonds. The Hall–Kier alpha value is -2.13. The Labute approximate surface area is 120 Å². The summed E-state index contributed by atoms with van der Waals surface area (Å²) in [6, 6.07) is 15.5. The summed E-state index contributed by atoms with van der Waals surface area (Å²) in [4.78, 5) is 14.4. The monoisotopic (exact) mass is 268 g/mol. The highest BCUT2D eigenvalue weighted by Crippen LogP contribution is 2.18. The summed E-state index contributed by atoms with van der Waals surface area (Å²) in [5, 5.41) is 0. The second-order valence-corrected chi connectivity index (χ2v) is 4.95. The van der Waals surface area contributed by atoms with Crippen LogP contribution >= 0.6 is 0 Å². The molecule has 0 radical (unpaired) electrons. The first kappa shape index (κ1) is 14.3. The van der Waals surface area contributed by atoms with E-state index in [4.69, 9.17) is 5.73 Å². The number of rotatable bonds is 4. The van der Waals surface area contributed by atoms with Gasteiger partial charge < -0.3 is 10.6 Å². The molecule has 0 bridgehead atoms. The fourth-order valence-corrected chi connectivity index (χ4v) is 2.14. The molecule has 0 saturated heterocycles. The third-order valence-electron chi connectivity index (χ3n) is 3.21. The Morgan fingerprint density at radius 1 is 1.05 bits per heavy atom. The highest BCUT2D eigenvalue weighted by Gasteiger charge is 2.16. The fourth-order valence-electron chi connectivity index (χ4n) is 2.14. The van der Waals surface area contributed by atoms with Crippen molar-refractivity contribution in [3.63, 3.8) is 0 Å². The van der Waals surface area contributed by atoms with E-state index in [1.54, 1.807) is 4.90 Å². The van der Waals surface area contributed by atoms with Gasteiger partial charge in [0, 0.05) is 24.3 Å². The molecule has 0 aliphatic heterocycles. The van der Waals surface area contributed by atoms with Gasteiger partial charge in [0.2, 0.25) is 0 Å². The number of carbonyl (C=O) groups is 1. The van der Waals surface area contributed by atoms with Crippen LogP contribution in [0, 0.1) is 13.8 Å². The molecule has 0 unspecified atom stereocenters. The topological polar surface area (TPSA) is 46.3 Å². The summed E-state index contributed by atoms with van der Waals surface area (Å²) in [5.41, 5.74) is 9.47. The smallest absolute Gasteiger partial charge is 0.258 e. The predicted octanol–water partition coefficient (Wildman–Crippen LogP) is 2.91. The van der Waals surface area contributed by atoms with Gasteiger partial charge >= 0.3 is 0 Å². The van der Waals surface area contributed by atoms with Crippen LogP contribution in [0.5, 0.6) is 0 Å². The van der Waals surface area contributed by atoms with E-state index in [1.165, 1.54) is 5.56 Å². The first-order valence-electron chi connectivity index (χ1n) is 6.77. The van der Waals surface area contributed by atoms with Gasteiger partial charge in [-0.05, 0) is 38.1 Å². The van der Waals surface area contributed by atoms with Gasteiger partial charge in [-0.1, -0.05) is 35.4 Å². The van der Waals surface area contributed by atoms with Gasteiger partial charge in [-0.25, -0.2) is 0 Å². The lowest BCUT2D eigenvalue weighted by Gasteiger charge is -2.22. The molecule has 0 atom stereocenters. The number of carbonyl (C=O) groups excluding carboxylic acids is 1. The van der Waals surface area contributed by atoms with Crippen molar-refractivity contribution in [3.8, 4) is 0 Å². The zero-order valence-corrected chi connectivity index (χ0v) is 12.0. The molecule has 2 aromatic carbocycles. The summed E-state index contributed by atoms with van der Waals surface area (Å²) < 4.78 is 0. The van der Waals surface area contributed by atoms with E-state index in [0.717, 1.165) is 11.3 Å². The zero-order valence-electron chi connectivity index (χ0n) is 12.0. The number of nitrogens with two attached hydrogens (primary N) is 1. The maximum Gasteiger partial charge on any atom is 0.258 e. The number of benzene rings is 2. The van der Waals surface area contributed by atoms with Crippen LogP contribution in [0.4, 0.5) is 5.69 Å². The average molecular weight is 268 g/mol. The van der Waals surface area contributed by atoms with E-state index >= 15 is 0 Å². The van der Waals surface area contributed by atoms with Crippen LogP contribution in [0.3, 0.4) is 0 Å². The van der Waals surface area contributed by atoms with Crippen molar-refractivity contribution >= 4 is 11.6 Å². The minimum atomic E-state index is -0.0111. The minimum absolute atomic E-state index is 0.0111. The predicted molar refractivity (Wildman–Crippen MR) is 83.1 cm³/mol. The largest absolute Gasteiger partial charge is 0.329 e. The molecule has 2 N–H and O–H groups in total. The quantitative estimate of drug-likeness (QED) is 0.926. The van der Waals surface area contributed by atoms with E-state index < -0.39 is 0 Å². The summed E-state index contributed by atoms with van der Waals surface area (Å²) in [6.45, 7) is 4.95. The Balaban J connectivity index is 2.33. The zero-order chi connectivity index (χ0) is 14.5. The third kappa shape index (κ3) is 3.25. The summed E-state index contributed by atoms with van der Waals surface area (Å²) >= 11 is 0. The van der Waals surface area contributed by atoms with Gasteiger partial charge in [-0.3, -0.25) is 4.79 Å². The first-order chi connectivity index (χ1) is 9.61. The van der Waals surface area contributed by atoms with Gasteiger partial charge in [-0.15, -0.1) is 0 Å². The average Bonchev–Trinajstić information content (AvgIpc) is 2.45. The number of hydrogen-bond donors (Lipinski definition) is 1. The van der Waals surface area contributed by atoms with Crippen LogP contribution in [0.15, 0.2) is 48.5 Å². The van der Waals surface area contributed by atoms with Crippen molar-refractivity contribution in [1.82, 2.24) is 0 Å². The maximum absolute atomic E-state index is 12.6. The van der Waals surface area contributed by atoms with Gasteiger partial charge in [0.05, 0.1) is 0 Å². The number of amides is 1. The van der Waals surface area contributed by atoms with Gasteiger partial charge in [0.15, 0.2) is 0 Å². The SMILES string of the molecule is Cc1ccc(N(CCN)C(=O)c2cccc(C)c2)cc1. The van der Waals surface area contributed by atoms with Crippen molar-refractivity contribution in [2.24, 2.45) is 5.73 Å². The molecule has 0 saturated carbocycles. The van der Waals surface area contributed by atoms with Crippen LogP contribution in [0.2, 0.25) is 0 Å². The van der Waals surface area contributed by atoms with Crippen LogP contribution in [-0.2, 0) is 0 Å². The number of hydrogen-bond acceptors (Lipinski definition) is 2. The standard InChI is InChI=1S/C17H20N2O/c1-13-6-8-16(9-7-13)19(11-10-18)17(20)15-5-3-4-14(2)12-15/h3-9,12H,10-11,18H2,1-2H3. The van der Waals surface area contributed by atoms with Crippen molar-refractivity contribution in [3.05, 3.63) is 65.2 Å². The second-order valence-electron chi connectivity index (χ2n) is 4.95. The molecular weight excluding hydrogens is 248 g/mol. The molecule has 3 heteroatoms. The van der Waals surface area contributed by atoms with Crippen molar-refractivity contribution in [2.75, 3.05) is 18.0 Å². The molecule has 3 nitrogen and oxygen atoms in total. The molecule has 104 valence electrons. The Morgan fingerprint density at radius 2 is 1.75 bits per heavy atom. The van der Waals surface area contributed by atoms with Crippen molar-refractivity contribution in [2.45, 2.75) is 13.8 Å². The minimum Gasteiger partial charge on any atom is -0.329 e. The molecule has 0 aromatic heterocycles. The van der Waals surface area contributed by atoms with E-state index in [-0.39, 0.29) is 5.91 Å². The second kappa shape index (κ2) is 6.35. The van der Waals surface area contributed by atoms with Crippen molar-refractivity contribution in [1.29, 1.82) is 0 Å². The number of nitrogens with zero attached hydrogens (tertiary/aromatic N) is 1. The van der Waals surface area contributed by atoms with E-state index in [1.807, 2.05) is 62.4 Å². The van der Waals surface area contributed by atoms with Gasteiger partial charge in [0.25, 0.3) is 5.91 Å².